The van der Waals surface area contributed by atoms with Gasteiger partial charge in [0.15, 0.2) is 0 Å². The van der Waals surface area contributed by atoms with Gasteiger partial charge in [-0.3, -0.25) is 9.59 Å². The van der Waals surface area contributed by atoms with Gasteiger partial charge in [-0.25, -0.2) is 4.90 Å². The summed E-state index contributed by atoms with van der Waals surface area (Å²) < 4.78 is 11.2. The van der Waals surface area contributed by atoms with Crippen molar-refractivity contribution in [2.75, 3.05) is 16.8 Å². The van der Waals surface area contributed by atoms with Crippen molar-refractivity contribution in [3.05, 3.63) is 76.6 Å². The van der Waals surface area contributed by atoms with Crippen LogP contribution in [0.3, 0.4) is 0 Å². The van der Waals surface area contributed by atoms with Gasteiger partial charge in [0.05, 0.1) is 24.0 Å². The van der Waals surface area contributed by atoms with Gasteiger partial charge in [-0.1, -0.05) is 12.1 Å². The van der Waals surface area contributed by atoms with Crippen molar-refractivity contribution < 1.29 is 19.1 Å². The maximum Gasteiger partial charge on any atom is 0.282 e. The van der Waals surface area contributed by atoms with E-state index in [1.54, 1.807) is 30.3 Å². The molecule has 32 heavy (non-hydrogen) atoms. The van der Waals surface area contributed by atoms with Gasteiger partial charge in [-0.15, -0.1) is 11.3 Å². The fraction of sp³-hybridized carbons (Fsp3) is 0.200. The molecule has 0 atom stereocenters. The first-order valence-electron chi connectivity index (χ1n) is 10.4. The van der Waals surface area contributed by atoms with Crippen LogP contribution in [0.1, 0.15) is 25.6 Å². The molecule has 1 N–H and O–H groups in total. The average Bonchev–Trinajstić information content (AvgIpc) is 3.36. The fourth-order valence-electron chi connectivity index (χ4n) is 3.45. The van der Waals surface area contributed by atoms with Crippen molar-refractivity contribution >= 4 is 40.1 Å². The number of ether oxygens (including phenoxy) is 2. The molecule has 0 spiro atoms. The monoisotopic (exact) mass is 448 g/mol. The summed E-state index contributed by atoms with van der Waals surface area (Å²) >= 11 is 1.42. The van der Waals surface area contributed by atoms with Gasteiger partial charge >= 0.3 is 0 Å². The molecule has 0 saturated heterocycles. The molecule has 1 aromatic heterocycles. The maximum absolute atomic E-state index is 13.4. The van der Waals surface area contributed by atoms with Crippen molar-refractivity contribution in [1.82, 2.24) is 0 Å². The van der Waals surface area contributed by atoms with Crippen LogP contribution in [-0.2, 0) is 9.59 Å². The van der Waals surface area contributed by atoms with Crippen LogP contribution in [0.15, 0.2) is 71.7 Å². The van der Waals surface area contributed by atoms with Gasteiger partial charge in [0.25, 0.3) is 11.8 Å². The number of anilines is 2. The third kappa shape index (κ3) is 4.38. The normalized spacial score (nSPS) is 13.8. The molecule has 164 valence electrons. The molecule has 6 nitrogen and oxygen atoms in total. The van der Waals surface area contributed by atoms with Crippen LogP contribution in [0, 0.1) is 0 Å². The molecule has 0 fully saturated rings. The van der Waals surface area contributed by atoms with Gasteiger partial charge in [0.1, 0.15) is 17.2 Å². The standard InChI is InChI=1S/C25H24N2O4S/c1-4-30-20-8-5-7-17(15-20)26-23-22(21-9-6-14-32-21)24(28)27(25(23)29)18-10-12-19(13-11-18)31-16(2)3/h5-16,26H,4H2,1-3H3. The molecular weight excluding hydrogens is 424 g/mol. The van der Waals surface area contributed by atoms with Gasteiger partial charge < -0.3 is 14.8 Å². The third-order valence-corrected chi connectivity index (χ3v) is 5.62. The first-order chi connectivity index (χ1) is 15.5. The van der Waals surface area contributed by atoms with Crippen molar-refractivity contribution in [1.29, 1.82) is 0 Å². The molecule has 7 heteroatoms. The second-order valence-corrected chi connectivity index (χ2v) is 8.37. The lowest BCUT2D eigenvalue weighted by Crippen LogP contribution is -2.32. The second-order valence-electron chi connectivity index (χ2n) is 7.42. The number of amides is 2. The van der Waals surface area contributed by atoms with Crippen molar-refractivity contribution in [3.63, 3.8) is 0 Å². The zero-order valence-electron chi connectivity index (χ0n) is 18.1. The van der Waals surface area contributed by atoms with E-state index in [0.717, 1.165) is 4.88 Å². The summed E-state index contributed by atoms with van der Waals surface area (Å²) in [6, 6.07) is 18.0. The van der Waals surface area contributed by atoms with Crippen molar-refractivity contribution in [2.45, 2.75) is 26.9 Å². The largest absolute Gasteiger partial charge is 0.494 e. The number of rotatable bonds is 8. The number of thiophene rings is 1. The quantitative estimate of drug-likeness (QED) is 0.472. The van der Waals surface area contributed by atoms with E-state index in [1.807, 2.05) is 56.5 Å². The number of hydrogen-bond acceptors (Lipinski definition) is 6. The highest BCUT2D eigenvalue weighted by Gasteiger charge is 2.40. The molecule has 0 bridgehead atoms. The van der Waals surface area contributed by atoms with E-state index >= 15 is 0 Å². The smallest absolute Gasteiger partial charge is 0.282 e. The highest BCUT2D eigenvalue weighted by Crippen LogP contribution is 2.36. The molecule has 0 aliphatic carbocycles. The topological polar surface area (TPSA) is 67.9 Å². The van der Waals surface area contributed by atoms with Crippen LogP contribution < -0.4 is 19.7 Å². The number of carbonyl (C=O) groups is 2. The van der Waals surface area contributed by atoms with Crippen LogP contribution in [0.25, 0.3) is 5.57 Å². The molecule has 2 amide bonds. The Hall–Kier alpha value is -3.58. The minimum absolute atomic E-state index is 0.0336. The predicted molar refractivity (Wildman–Crippen MR) is 127 cm³/mol. The van der Waals surface area contributed by atoms with E-state index in [4.69, 9.17) is 9.47 Å². The van der Waals surface area contributed by atoms with Gasteiger partial charge in [0.2, 0.25) is 0 Å². The number of carbonyl (C=O) groups excluding carboxylic acids is 2. The van der Waals surface area contributed by atoms with E-state index in [2.05, 4.69) is 5.32 Å². The summed E-state index contributed by atoms with van der Waals surface area (Å²) in [4.78, 5) is 28.8. The third-order valence-electron chi connectivity index (χ3n) is 4.73. The average molecular weight is 449 g/mol. The number of imide groups is 1. The minimum Gasteiger partial charge on any atom is -0.494 e. The van der Waals surface area contributed by atoms with E-state index in [1.165, 1.54) is 16.2 Å². The Balaban J connectivity index is 1.69. The molecule has 0 saturated carbocycles. The first-order valence-corrected chi connectivity index (χ1v) is 11.3. The lowest BCUT2D eigenvalue weighted by atomic mass is 10.2. The first kappa shape index (κ1) is 21.6. The van der Waals surface area contributed by atoms with E-state index in [0.29, 0.717) is 35.1 Å². The van der Waals surface area contributed by atoms with Gasteiger partial charge in [-0.05, 0) is 68.6 Å². The van der Waals surface area contributed by atoms with Crippen LogP contribution in [-0.4, -0.2) is 24.5 Å². The Morgan fingerprint density at radius 2 is 1.75 bits per heavy atom. The molecule has 2 heterocycles. The predicted octanol–water partition coefficient (Wildman–Crippen LogP) is 5.33. The lowest BCUT2D eigenvalue weighted by molar-refractivity contribution is -0.120. The minimum atomic E-state index is -0.405. The van der Waals surface area contributed by atoms with Crippen LogP contribution >= 0.6 is 11.3 Å². The van der Waals surface area contributed by atoms with Crippen LogP contribution in [0.2, 0.25) is 0 Å². The van der Waals surface area contributed by atoms with E-state index in [9.17, 15) is 9.59 Å². The molecule has 1 aliphatic heterocycles. The summed E-state index contributed by atoms with van der Waals surface area (Å²) in [5, 5.41) is 5.05. The molecule has 1 aliphatic rings. The lowest BCUT2D eigenvalue weighted by Gasteiger charge is -2.17. The summed E-state index contributed by atoms with van der Waals surface area (Å²) in [6.45, 7) is 6.33. The van der Waals surface area contributed by atoms with E-state index < -0.39 is 5.91 Å². The highest BCUT2D eigenvalue weighted by molar-refractivity contribution is 7.11. The molecule has 3 aromatic rings. The Kier molecular flexibility index (Phi) is 6.28. The van der Waals surface area contributed by atoms with Crippen LogP contribution in [0.4, 0.5) is 11.4 Å². The number of benzene rings is 2. The van der Waals surface area contributed by atoms with Crippen molar-refractivity contribution in [2.24, 2.45) is 0 Å². The summed E-state index contributed by atoms with van der Waals surface area (Å²) in [7, 11) is 0. The Morgan fingerprint density at radius 3 is 2.41 bits per heavy atom. The van der Waals surface area contributed by atoms with E-state index in [-0.39, 0.29) is 17.7 Å². The number of hydrogen-bond donors (Lipinski definition) is 1. The maximum atomic E-state index is 13.4. The van der Waals surface area contributed by atoms with Gasteiger partial charge in [0, 0.05) is 16.6 Å². The molecule has 0 radical (unpaired) electrons. The fourth-order valence-corrected chi connectivity index (χ4v) is 4.22. The van der Waals surface area contributed by atoms with Gasteiger partial charge in [-0.2, -0.15) is 0 Å². The second kappa shape index (κ2) is 9.28. The van der Waals surface area contributed by atoms with Crippen LogP contribution in [0.5, 0.6) is 11.5 Å². The SMILES string of the molecule is CCOc1cccc(NC2=C(c3cccs3)C(=O)N(c3ccc(OC(C)C)cc3)C2=O)c1. The summed E-state index contributed by atoms with van der Waals surface area (Å²) in [6.07, 6.45) is 0.0336. The number of nitrogens with one attached hydrogen (secondary N) is 1. The summed E-state index contributed by atoms with van der Waals surface area (Å²) in [5.74, 6) is 0.599. The molecule has 2 aromatic carbocycles. The zero-order valence-corrected chi connectivity index (χ0v) is 18.9. The Labute approximate surface area is 191 Å². The molecular formula is C25H24N2O4S. The molecule has 0 unspecified atom stereocenters. The zero-order chi connectivity index (χ0) is 22.7. The Morgan fingerprint density at radius 1 is 0.969 bits per heavy atom. The van der Waals surface area contributed by atoms with Crippen molar-refractivity contribution in [3.8, 4) is 11.5 Å². The molecule has 4 rings (SSSR count). The Bertz CT molecular complexity index is 1150. The summed E-state index contributed by atoms with van der Waals surface area (Å²) in [5.41, 5.74) is 1.76. The number of nitrogens with zero attached hydrogens (tertiary/aromatic N) is 1. The highest BCUT2D eigenvalue weighted by atomic mass is 32.1.